The van der Waals surface area contributed by atoms with E-state index in [4.69, 9.17) is 4.42 Å². The molecule has 21 heavy (non-hydrogen) atoms. The fraction of sp³-hybridized carbons (Fsp3) is 0.438. The SMILES string of the molecule is Cc1ccc(C)c(-c2nnc(C(C)C(C)C)o2)c1C(=O)O. The van der Waals surface area contributed by atoms with Crippen LogP contribution in [0.5, 0.6) is 0 Å². The van der Waals surface area contributed by atoms with E-state index >= 15 is 0 Å². The van der Waals surface area contributed by atoms with Gasteiger partial charge in [0.1, 0.15) is 0 Å². The molecule has 0 aliphatic carbocycles. The van der Waals surface area contributed by atoms with Crippen LogP contribution in [0.3, 0.4) is 0 Å². The van der Waals surface area contributed by atoms with Gasteiger partial charge in [-0.2, -0.15) is 0 Å². The summed E-state index contributed by atoms with van der Waals surface area (Å²) >= 11 is 0. The van der Waals surface area contributed by atoms with E-state index in [0.717, 1.165) is 5.56 Å². The van der Waals surface area contributed by atoms with Crippen molar-refractivity contribution in [2.75, 3.05) is 0 Å². The number of nitrogens with zero attached hydrogens (tertiary/aromatic N) is 2. The van der Waals surface area contributed by atoms with Gasteiger partial charge in [-0.15, -0.1) is 10.2 Å². The van der Waals surface area contributed by atoms with E-state index in [0.29, 0.717) is 22.9 Å². The van der Waals surface area contributed by atoms with Gasteiger partial charge in [-0.25, -0.2) is 4.79 Å². The number of hydrogen-bond acceptors (Lipinski definition) is 4. The van der Waals surface area contributed by atoms with Crippen LogP contribution in [0.15, 0.2) is 16.5 Å². The first-order chi connectivity index (χ1) is 9.82. The zero-order valence-electron chi connectivity index (χ0n) is 13.0. The first kappa shape index (κ1) is 15.2. The molecule has 1 N–H and O–H groups in total. The molecule has 1 unspecified atom stereocenters. The normalized spacial score (nSPS) is 12.7. The molecule has 0 fully saturated rings. The molecule has 0 radical (unpaired) electrons. The summed E-state index contributed by atoms with van der Waals surface area (Å²) in [5, 5.41) is 17.6. The van der Waals surface area contributed by atoms with E-state index in [2.05, 4.69) is 24.0 Å². The Morgan fingerprint density at radius 2 is 1.76 bits per heavy atom. The van der Waals surface area contributed by atoms with Crippen LogP contribution in [0.4, 0.5) is 0 Å². The lowest BCUT2D eigenvalue weighted by molar-refractivity contribution is 0.0696. The Kier molecular flexibility index (Phi) is 4.11. The molecule has 1 aromatic carbocycles. The monoisotopic (exact) mass is 288 g/mol. The first-order valence-electron chi connectivity index (χ1n) is 7.00. The van der Waals surface area contributed by atoms with Gasteiger partial charge in [0.25, 0.3) is 0 Å². The van der Waals surface area contributed by atoms with Gasteiger partial charge in [0.2, 0.25) is 11.8 Å². The van der Waals surface area contributed by atoms with E-state index in [-0.39, 0.29) is 17.4 Å². The molecule has 2 rings (SSSR count). The number of hydrogen-bond donors (Lipinski definition) is 1. The van der Waals surface area contributed by atoms with Crippen LogP contribution in [0.2, 0.25) is 0 Å². The molecule has 1 atom stereocenters. The van der Waals surface area contributed by atoms with Gasteiger partial charge in [0.15, 0.2) is 0 Å². The number of carboxylic acid groups (broad SMARTS) is 1. The van der Waals surface area contributed by atoms with Gasteiger partial charge in [0.05, 0.1) is 11.1 Å². The maximum atomic E-state index is 11.5. The zero-order valence-corrected chi connectivity index (χ0v) is 13.0. The number of carbonyl (C=O) groups is 1. The largest absolute Gasteiger partial charge is 0.478 e. The highest BCUT2D eigenvalue weighted by atomic mass is 16.4. The summed E-state index contributed by atoms with van der Waals surface area (Å²) in [6.07, 6.45) is 0. The predicted octanol–water partition coefficient (Wildman–Crippen LogP) is 3.81. The highest BCUT2D eigenvalue weighted by molar-refractivity contribution is 5.97. The minimum Gasteiger partial charge on any atom is -0.478 e. The molecule has 0 saturated carbocycles. The zero-order chi connectivity index (χ0) is 15.7. The fourth-order valence-corrected chi connectivity index (χ4v) is 2.17. The average molecular weight is 288 g/mol. The molecule has 0 bridgehead atoms. The van der Waals surface area contributed by atoms with Gasteiger partial charge >= 0.3 is 5.97 Å². The third-order valence-electron chi connectivity index (χ3n) is 3.88. The second-order valence-electron chi connectivity index (χ2n) is 5.73. The van der Waals surface area contributed by atoms with E-state index in [1.165, 1.54) is 0 Å². The number of rotatable bonds is 4. The Bertz CT molecular complexity index is 674. The summed E-state index contributed by atoms with van der Waals surface area (Å²) in [7, 11) is 0. The summed E-state index contributed by atoms with van der Waals surface area (Å²) in [6.45, 7) is 9.78. The van der Waals surface area contributed by atoms with Crippen LogP contribution in [-0.4, -0.2) is 21.3 Å². The number of aryl methyl sites for hydroxylation is 2. The molecule has 112 valence electrons. The van der Waals surface area contributed by atoms with Crippen molar-refractivity contribution in [3.05, 3.63) is 34.7 Å². The fourth-order valence-electron chi connectivity index (χ4n) is 2.17. The van der Waals surface area contributed by atoms with Crippen LogP contribution in [0.25, 0.3) is 11.5 Å². The van der Waals surface area contributed by atoms with Crippen molar-refractivity contribution >= 4 is 5.97 Å². The smallest absolute Gasteiger partial charge is 0.336 e. The van der Waals surface area contributed by atoms with Crippen LogP contribution < -0.4 is 0 Å². The summed E-state index contributed by atoms with van der Waals surface area (Å²) in [5.41, 5.74) is 2.23. The lowest BCUT2D eigenvalue weighted by Gasteiger charge is -2.11. The number of aromatic nitrogens is 2. The molecule has 1 aromatic heterocycles. The van der Waals surface area contributed by atoms with Crippen molar-refractivity contribution in [2.45, 2.75) is 40.5 Å². The van der Waals surface area contributed by atoms with Crippen LogP contribution in [0.1, 0.15) is 54.1 Å². The topological polar surface area (TPSA) is 76.2 Å². The van der Waals surface area contributed by atoms with Crippen molar-refractivity contribution in [3.63, 3.8) is 0 Å². The van der Waals surface area contributed by atoms with Crippen molar-refractivity contribution in [2.24, 2.45) is 5.92 Å². The molecule has 1 heterocycles. The molecule has 2 aromatic rings. The Morgan fingerprint density at radius 3 is 2.33 bits per heavy atom. The number of benzene rings is 1. The Balaban J connectivity index is 2.57. The Morgan fingerprint density at radius 1 is 1.14 bits per heavy atom. The first-order valence-corrected chi connectivity index (χ1v) is 7.00. The maximum Gasteiger partial charge on any atom is 0.336 e. The third-order valence-corrected chi connectivity index (χ3v) is 3.88. The van der Waals surface area contributed by atoms with E-state index in [1.807, 2.05) is 19.9 Å². The summed E-state index contributed by atoms with van der Waals surface area (Å²) < 4.78 is 5.73. The van der Waals surface area contributed by atoms with Crippen molar-refractivity contribution in [3.8, 4) is 11.5 Å². The number of aromatic carboxylic acids is 1. The van der Waals surface area contributed by atoms with Gasteiger partial charge < -0.3 is 9.52 Å². The van der Waals surface area contributed by atoms with E-state index < -0.39 is 5.97 Å². The maximum absolute atomic E-state index is 11.5. The minimum absolute atomic E-state index is 0.129. The van der Waals surface area contributed by atoms with Gasteiger partial charge in [0, 0.05) is 5.92 Å². The van der Waals surface area contributed by atoms with Gasteiger partial charge in [-0.1, -0.05) is 32.9 Å². The lowest BCUT2D eigenvalue weighted by atomic mass is 9.97. The van der Waals surface area contributed by atoms with Crippen LogP contribution >= 0.6 is 0 Å². The molecule has 5 heteroatoms. The standard InChI is InChI=1S/C16H20N2O3/c1-8(2)11(5)14-17-18-15(21-14)12-9(3)6-7-10(4)13(12)16(19)20/h6-8,11H,1-5H3,(H,19,20). The minimum atomic E-state index is -0.983. The highest BCUT2D eigenvalue weighted by Gasteiger charge is 2.23. The van der Waals surface area contributed by atoms with Crippen LogP contribution in [-0.2, 0) is 0 Å². The summed E-state index contributed by atoms with van der Waals surface area (Å²) in [6, 6.07) is 3.66. The molecule has 5 nitrogen and oxygen atoms in total. The molecule has 0 saturated heterocycles. The van der Waals surface area contributed by atoms with Crippen LogP contribution in [0, 0.1) is 19.8 Å². The molecular formula is C16H20N2O3. The van der Waals surface area contributed by atoms with Gasteiger partial charge in [-0.05, 0) is 30.9 Å². The third kappa shape index (κ3) is 2.82. The summed E-state index contributed by atoms with van der Waals surface area (Å²) in [4.78, 5) is 11.5. The Labute approximate surface area is 124 Å². The second-order valence-corrected chi connectivity index (χ2v) is 5.73. The highest BCUT2D eigenvalue weighted by Crippen LogP contribution is 2.31. The molecule has 0 aliphatic rings. The summed E-state index contributed by atoms with van der Waals surface area (Å²) in [5.74, 6) is 0.330. The van der Waals surface area contributed by atoms with Gasteiger partial charge in [-0.3, -0.25) is 0 Å². The average Bonchev–Trinajstić information content (AvgIpc) is 2.88. The molecule has 0 spiro atoms. The van der Waals surface area contributed by atoms with Crippen molar-refractivity contribution in [1.82, 2.24) is 10.2 Å². The van der Waals surface area contributed by atoms with E-state index in [1.54, 1.807) is 13.0 Å². The predicted molar refractivity (Wildman–Crippen MR) is 79.4 cm³/mol. The van der Waals surface area contributed by atoms with Crippen molar-refractivity contribution < 1.29 is 14.3 Å². The van der Waals surface area contributed by atoms with Crippen molar-refractivity contribution in [1.29, 1.82) is 0 Å². The molecule has 0 aliphatic heterocycles. The number of carboxylic acids is 1. The second kappa shape index (κ2) is 5.68. The molecule has 0 amide bonds. The quantitative estimate of drug-likeness (QED) is 0.925. The lowest BCUT2D eigenvalue weighted by Crippen LogP contribution is -2.04. The van der Waals surface area contributed by atoms with E-state index in [9.17, 15) is 9.90 Å². The molecular weight excluding hydrogens is 268 g/mol. The Hall–Kier alpha value is -2.17.